The van der Waals surface area contributed by atoms with Crippen LogP contribution in [-0.4, -0.2) is 33.9 Å². The second-order valence-electron chi connectivity index (χ2n) is 2.98. The number of thiazole rings is 1. The van der Waals surface area contributed by atoms with Crippen LogP contribution in [0.15, 0.2) is 5.38 Å². The van der Waals surface area contributed by atoms with Crippen LogP contribution in [0.5, 0.6) is 0 Å². The van der Waals surface area contributed by atoms with Crippen molar-refractivity contribution in [2.24, 2.45) is 0 Å². The van der Waals surface area contributed by atoms with Gasteiger partial charge in [-0.2, -0.15) is 0 Å². The first-order valence-corrected chi connectivity index (χ1v) is 4.96. The minimum Gasteiger partial charge on any atom is -0.394 e. The molecule has 74 valence electrons. The lowest BCUT2D eigenvalue weighted by molar-refractivity contribution is 0.147. The Balaban J connectivity index is 2.67. The fourth-order valence-electron chi connectivity index (χ4n) is 0.699. The highest BCUT2D eigenvalue weighted by Gasteiger charge is 2.22. The SMILES string of the molecule is CC(CO)(CO)Nc1nc(Cl)cs1. The maximum atomic E-state index is 8.97. The van der Waals surface area contributed by atoms with E-state index in [2.05, 4.69) is 10.3 Å². The summed E-state index contributed by atoms with van der Waals surface area (Å²) in [7, 11) is 0. The molecule has 0 saturated carbocycles. The van der Waals surface area contributed by atoms with Gasteiger partial charge in [-0.1, -0.05) is 11.6 Å². The van der Waals surface area contributed by atoms with Crippen LogP contribution in [0.3, 0.4) is 0 Å². The molecule has 0 aliphatic heterocycles. The number of aliphatic hydroxyl groups excluding tert-OH is 2. The number of hydrogen-bond acceptors (Lipinski definition) is 5. The zero-order valence-corrected chi connectivity index (χ0v) is 8.69. The van der Waals surface area contributed by atoms with Crippen molar-refractivity contribution in [2.75, 3.05) is 18.5 Å². The Bertz CT molecular complexity index is 275. The molecule has 0 unspecified atom stereocenters. The van der Waals surface area contributed by atoms with Crippen molar-refractivity contribution in [1.82, 2.24) is 4.98 Å². The van der Waals surface area contributed by atoms with Gasteiger partial charge in [0.15, 0.2) is 5.13 Å². The van der Waals surface area contributed by atoms with Gasteiger partial charge in [0.1, 0.15) is 5.15 Å². The first-order chi connectivity index (χ1) is 6.09. The van der Waals surface area contributed by atoms with Gasteiger partial charge in [0, 0.05) is 5.38 Å². The Kier molecular flexibility index (Phi) is 3.49. The largest absolute Gasteiger partial charge is 0.394 e. The lowest BCUT2D eigenvalue weighted by Gasteiger charge is -2.25. The van der Waals surface area contributed by atoms with Crippen LogP contribution in [-0.2, 0) is 0 Å². The van der Waals surface area contributed by atoms with E-state index in [-0.39, 0.29) is 13.2 Å². The molecule has 0 atom stereocenters. The highest BCUT2D eigenvalue weighted by molar-refractivity contribution is 7.14. The van der Waals surface area contributed by atoms with Crippen molar-refractivity contribution in [1.29, 1.82) is 0 Å². The summed E-state index contributed by atoms with van der Waals surface area (Å²) in [6.07, 6.45) is 0. The van der Waals surface area contributed by atoms with E-state index in [1.54, 1.807) is 12.3 Å². The molecule has 0 aromatic carbocycles. The molecule has 0 amide bonds. The monoisotopic (exact) mass is 222 g/mol. The Hall–Kier alpha value is -0.360. The number of anilines is 1. The molecule has 0 aliphatic carbocycles. The summed E-state index contributed by atoms with van der Waals surface area (Å²) in [5, 5.41) is 23.5. The molecule has 0 radical (unpaired) electrons. The lowest BCUT2D eigenvalue weighted by Crippen LogP contribution is -2.42. The molecule has 0 fully saturated rings. The normalized spacial score (nSPS) is 11.7. The van der Waals surface area contributed by atoms with E-state index >= 15 is 0 Å². The summed E-state index contributed by atoms with van der Waals surface area (Å²) in [4.78, 5) is 3.94. The molecule has 0 saturated heterocycles. The zero-order valence-electron chi connectivity index (χ0n) is 7.12. The van der Waals surface area contributed by atoms with Gasteiger partial charge in [-0.25, -0.2) is 4.98 Å². The van der Waals surface area contributed by atoms with Crippen molar-refractivity contribution in [3.63, 3.8) is 0 Å². The van der Waals surface area contributed by atoms with Crippen LogP contribution < -0.4 is 5.32 Å². The second-order valence-corrected chi connectivity index (χ2v) is 4.22. The lowest BCUT2D eigenvalue weighted by atomic mass is 10.1. The van der Waals surface area contributed by atoms with Gasteiger partial charge in [-0.3, -0.25) is 0 Å². The molecule has 0 spiro atoms. The Morgan fingerprint density at radius 1 is 1.62 bits per heavy atom. The fourth-order valence-corrected chi connectivity index (χ4v) is 1.68. The minimum atomic E-state index is -0.749. The Morgan fingerprint density at radius 2 is 2.23 bits per heavy atom. The molecule has 1 aromatic rings. The minimum absolute atomic E-state index is 0.166. The Morgan fingerprint density at radius 3 is 2.62 bits per heavy atom. The number of nitrogens with one attached hydrogen (secondary N) is 1. The van der Waals surface area contributed by atoms with E-state index < -0.39 is 5.54 Å². The molecule has 0 bridgehead atoms. The standard InChI is InChI=1S/C7H11ClN2O2S/c1-7(3-11,4-12)10-6-9-5(8)2-13-6/h2,11-12H,3-4H2,1H3,(H,9,10). The quantitative estimate of drug-likeness (QED) is 0.710. The summed E-state index contributed by atoms with van der Waals surface area (Å²) < 4.78 is 0. The highest BCUT2D eigenvalue weighted by Crippen LogP contribution is 2.22. The van der Waals surface area contributed by atoms with Crippen molar-refractivity contribution < 1.29 is 10.2 Å². The van der Waals surface area contributed by atoms with E-state index in [4.69, 9.17) is 21.8 Å². The molecular weight excluding hydrogens is 212 g/mol. The maximum Gasteiger partial charge on any atom is 0.184 e. The van der Waals surface area contributed by atoms with Gasteiger partial charge in [-0.15, -0.1) is 11.3 Å². The average Bonchev–Trinajstić information content (AvgIpc) is 2.51. The van der Waals surface area contributed by atoms with E-state index in [1.165, 1.54) is 11.3 Å². The predicted octanol–water partition coefficient (Wildman–Crippen LogP) is 0.952. The number of nitrogens with zero attached hydrogens (tertiary/aromatic N) is 1. The van der Waals surface area contributed by atoms with Crippen LogP contribution in [0.2, 0.25) is 5.15 Å². The fraction of sp³-hybridized carbons (Fsp3) is 0.571. The molecule has 3 N–H and O–H groups in total. The topological polar surface area (TPSA) is 65.4 Å². The van der Waals surface area contributed by atoms with Gasteiger partial charge in [0.05, 0.1) is 18.8 Å². The molecule has 1 heterocycles. The molecular formula is C7H11ClN2O2S. The van der Waals surface area contributed by atoms with Crippen LogP contribution in [0.4, 0.5) is 5.13 Å². The van der Waals surface area contributed by atoms with Crippen molar-refractivity contribution in [3.8, 4) is 0 Å². The number of aromatic nitrogens is 1. The van der Waals surface area contributed by atoms with Gasteiger partial charge >= 0.3 is 0 Å². The van der Waals surface area contributed by atoms with Crippen LogP contribution in [0.1, 0.15) is 6.92 Å². The smallest absolute Gasteiger partial charge is 0.184 e. The first kappa shape index (κ1) is 10.7. The second kappa shape index (κ2) is 4.23. The molecule has 1 aromatic heterocycles. The third-order valence-electron chi connectivity index (χ3n) is 1.58. The summed E-state index contributed by atoms with van der Waals surface area (Å²) in [5.41, 5.74) is -0.749. The summed E-state index contributed by atoms with van der Waals surface area (Å²) in [6, 6.07) is 0. The van der Waals surface area contributed by atoms with E-state index in [0.717, 1.165) is 0 Å². The summed E-state index contributed by atoms with van der Waals surface area (Å²) >= 11 is 6.94. The predicted molar refractivity (Wildman–Crippen MR) is 53.3 cm³/mol. The average molecular weight is 223 g/mol. The van der Waals surface area contributed by atoms with Crippen LogP contribution in [0.25, 0.3) is 0 Å². The van der Waals surface area contributed by atoms with Crippen LogP contribution >= 0.6 is 22.9 Å². The third-order valence-corrected chi connectivity index (χ3v) is 2.66. The van der Waals surface area contributed by atoms with E-state index in [0.29, 0.717) is 10.3 Å². The number of halogens is 1. The molecule has 1 rings (SSSR count). The zero-order chi connectivity index (χ0) is 9.90. The number of hydrogen-bond donors (Lipinski definition) is 3. The van der Waals surface area contributed by atoms with Gasteiger partial charge in [-0.05, 0) is 6.92 Å². The summed E-state index contributed by atoms with van der Waals surface area (Å²) in [6.45, 7) is 1.36. The van der Waals surface area contributed by atoms with Gasteiger partial charge in [0.25, 0.3) is 0 Å². The highest BCUT2D eigenvalue weighted by atomic mass is 35.5. The van der Waals surface area contributed by atoms with Gasteiger partial charge < -0.3 is 15.5 Å². The summed E-state index contributed by atoms with van der Waals surface area (Å²) in [5.74, 6) is 0. The van der Waals surface area contributed by atoms with Gasteiger partial charge in [0.2, 0.25) is 0 Å². The number of aliphatic hydroxyl groups is 2. The molecule has 13 heavy (non-hydrogen) atoms. The van der Waals surface area contributed by atoms with Crippen molar-refractivity contribution in [3.05, 3.63) is 10.5 Å². The van der Waals surface area contributed by atoms with Crippen LogP contribution in [0, 0.1) is 0 Å². The number of rotatable bonds is 4. The third kappa shape index (κ3) is 2.80. The van der Waals surface area contributed by atoms with E-state index in [9.17, 15) is 0 Å². The molecule has 6 heteroatoms. The Labute approximate surface area is 85.2 Å². The van der Waals surface area contributed by atoms with E-state index in [1.807, 2.05) is 0 Å². The van der Waals surface area contributed by atoms with Crippen molar-refractivity contribution >= 4 is 28.1 Å². The van der Waals surface area contributed by atoms with Crippen molar-refractivity contribution in [2.45, 2.75) is 12.5 Å². The maximum absolute atomic E-state index is 8.97. The molecule has 0 aliphatic rings. The first-order valence-electron chi connectivity index (χ1n) is 3.70. The molecule has 4 nitrogen and oxygen atoms in total.